The van der Waals surface area contributed by atoms with E-state index in [1.807, 2.05) is 0 Å². The van der Waals surface area contributed by atoms with E-state index in [0.29, 0.717) is 18.4 Å². The van der Waals surface area contributed by atoms with Crippen LogP contribution in [0.25, 0.3) is 0 Å². The number of amides is 2. The maximum Gasteiger partial charge on any atom is 0.330 e. The van der Waals surface area contributed by atoms with E-state index in [1.54, 1.807) is 30.3 Å². The Hall–Kier alpha value is -2.37. The quantitative estimate of drug-likeness (QED) is 0.722. The van der Waals surface area contributed by atoms with Crippen molar-refractivity contribution < 1.29 is 19.5 Å². The first-order chi connectivity index (χ1) is 9.08. The summed E-state index contributed by atoms with van der Waals surface area (Å²) in [5, 5.41) is 14.1. The Morgan fingerprint density at radius 2 is 2.00 bits per heavy atom. The fraction of sp³-hybridized carbons (Fsp3) is 0.308. The number of hydrogen-bond donors (Lipinski definition) is 3. The molecule has 1 heterocycles. The Morgan fingerprint density at radius 3 is 2.53 bits per heavy atom. The van der Waals surface area contributed by atoms with Crippen LogP contribution in [0, 0.1) is 0 Å². The highest BCUT2D eigenvalue weighted by Crippen LogP contribution is 2.14. The summed E-state index contributed by atoms with van der Waals surface area (Å²) in [6.07, 6.45) is 0.687. The molecule has 1 saturated heterocycles. The molecule has 0 bridgehead atoms. The highest BCUT2D eigenvalue weighted by Gasteiger charge is 2.30. The SMILES string of the molecule is O=C1CCC(C(=O)N[C@H](C(=O)O)c2ccccc2)N1. The molecule has 0 saturated carbocycles. The fourth-order valence-electron chi connectivity index (χ4n) is 1.99. The summed E-state index contributed by atoms with van der Waals surface area (Å²) in [5.74, 6) is -1.79. The van der Waals surface area contributed by atoms with Gasteiger partial charge in [0.05, 0.1) is 0 Å². The third-order valence-electron chi connectivity index (χ3n) is 2.98. The van der Waals surface area contributed by atoms with Crippen LogP contribution in [0.15, 0.2) is 30.3 Å². The zero-order valence-corrected chi connectivity index (χ0v) is 10.1. The van der Waals surface area contributed by atoms with Gasteiger partial charge in [-0.3, -0.25) is 9.59 Å². The maximum absolute atomic E-state index is 11.9. The number of rotatable bonds is 4. The first-order valence-corrected chi connectivity index (χ1v) is 5.95. The molecule has 0 spiro atoms. The Balaban J connectivity index is 2.07. The van der Waals surface area contributed by atoms with Crippen molar-refractivity contribution in [2.45, 2.75) is 24.9 Å². The number of carboxylic acids is 1. The van der Waals surface area contributed by atoms with Gasteiger partial charge in [-0.25, -0.2) is 4.79 Å². The molecular formula is C13H14N2O4. The number of benzene rings is 1. The van der Waals surface area contributed by atoms with Gasteiger partial charge in [0.1, 0.15) is 6.04 Å². The average molecular weight is 262 g/mol. The summed E-state index contributed by atoms with van der Waals surface area (Å²) in [6, 6.07) is 6.69. The van der Waals surface area contributed by atoms with Crippen LogP contribution < -0.4 is 10.6 Å². The van der Waals surface area contributed by atoms with Crippen LogP contribution in [0.2, 0.25) is 0 Å². The summed E-state index contributed by atoms with van der Waals surface area (Å²) in [4.78, 5) is 34.1. The molecule has 0 radical (unpaired) electrons. The van der Waals surface area contributed by atoms with Crippen molar-refractivity contribution >= 4 is 17.8 Å². The molecule has 19 heavy (non-hydrogen) atoms. The van der Waals surface area contributed by atoms with E-state index < -0.39 is 24.0 Å². The second kappa shape index (κ2) is 5.51. The largest absolute Gasteiger partial charge is 0.479 e. The van der Waals surface area contributed by atoms with Crippen LogP contribution in [0.5, 0.6) is 0 Å². The Kier molecular flexibility index (Phi) is 3.79. The van der Waals surface area contributed by atoms with Gasteiger partial charge in [-0.15, -0.1) is 0 Å². The van der Waals surface area contributed by atoms with Gasteiger partial charge in [0.25, 0.3) is 0 Å². The molecule has 1 aromatic rings. The summed E-state index contributed by atoms with van der Waals surface area (Å²) in [5.41, 5.74) is 0.493. The second-order valence-corrected chi connectivity index (χ2v) is 4.35. The second-order valence-electron chi connectivity index (χ2n) is 4.35. The van der Waals surface area contributed by atoms with Crippen LogP contribution in [0.4, 0.5) is 0 Å². The lowest BCUT2D eigenvalue weighted by molar-refractivity contribution is -0.142. The molecule has 0 aromatic heterocycles. The molecule has 1 unspecified atom stereocenters. The molecule has 1 aliphatic rings. The number of aliphatic carboxylic acids is 1. The minimum Gasteiger partial charge on any atom is -0.479 e. The van der Waals surface area contributed by atoms with E-state index in [-0.39, 0.29) is 5.91 Å². The molecule has 0 aliphatic carbocycles. The molecule has 1 aromatic carbocycles. The predicted molar refractivity (Wildman–Crippen MR) is 66.1 cm³/mol. The van der Waals surface area contributed by atoms with Gasteiger partial charge in [-0.1, -0.05) is 30.3 Å². The highest BCUT2D eigenvalue weighted by atomic mass is 16.4. The predicted octanol–water partition coefficient (Wildman–Crippen LogP) is 0.207. The Bertz CT molecular complexity index is 501. The Morgan fingerprint density at radius 1 is 1.32 bits per heavy atom. The van der Waals surface area contributed by atoms with Gasteiger partial charge in [-0.05, 0) is 12.0 Å². The topological polar surface area (TPSA) is 95.5 Å². The molecule has 2 atom stereocenters. The smallest absolute Gasteiger partial charge is 0.330 e. The minimum atomic E-state index is -1.14. The van der Waals surface area contributed by atoms with Crippen molar-refractivity contribution in [2.24, 2.45) is 0 Å². The average Bonchev–Trinajstić information content (AvgIpc) is 2.83. The van der Waals surface area contributed by atoms with Gasteiger partial charge in [-0.2, -0.15) is 0 Å². The summed E-state index contributed by atoms with van der Waals surface area (Å²) >= 11 is 0. The fourth-order valence-corrected chi connectivity index (χ4v) is 1.99. The number of carbonyl (C=O) groups is 3. The molecule has 3 N–H and O–H groups in total. The summed E-state index contributed by atoms with van der Waals surface area (Å²) < 4.78 is 0. The van der Waals surface area contributed by atoms with Crippen LogP contribution in [-0.2, 0) is 14.4 Å². The standard InChI is InChI=1S/C13H14N2O4/c16-10-7-6-9(14-10)12(17)15-11(13(18)19)8-4-2-1-3-5-8/h1-5,9,11H,6-7H2,(H,14,16)(H,15,17)(H,18,19)/t9?,11-/m0/s1. The molecule has 6 heteroatoms. The van der Waals surface area contributed by atoms with E-state index in [4.69, 9.17) is 5.11 Å². The lowest BCUT2D eigenvalue weighted by atomic mass is 10.1. The molecule has 100 valence electrons. The number of nitrogens with one attached hydrogen (secondary N) is 2. The molecule has 6 nitrogen and oxygen atoms in total. The molecular weight excluding hydrogens is 248 g/mol. The number of hydrogen-bond acceptors (Lipinski definition) is 3. The summed E-state index contributed by atoms with van der Waals surface area (Å²) in [7, 11) is 0. The van der Waals surface area contributed by atoms with E-state index >= 15 is 0 Å². The van der Waals surface area contributed by atoms with Gasteiger partial charge >= 0.3 is 5.97 Å². The van der Waals surface area contributed by atoms with E-state index in [1.165, 1.54) is 0 Å². The van der Waals surface area contributed by atoms with Crippen molar-refractivity contribution in [1.29, 1.82) is 0 Å². The molecule has 2 rings (SSSR count). The van der Waals surface area contributed by atoms with Crippen LogP contribution in [-0.4, -0.2) is 28.9 Å². The van der Waals surface area contributed by atoms with Crippen LogP contribution >= 0.6 is 0 Å². The molecule has 1 aliphatic heterocycles. The number of carboxylic acid groups (broad SMARTS) is 1. The normalized spacial score (nSPS) is 19.6. The third-order valence-corrected chi connectivity index (χ3v) is 2.98. The molecule has 1 fully saturated rings. The van der Waals surface area contributed by atoms with Crippen molar-refractivity contribution in [1.82, 2.24) is 10.6 Å². The minimum absolute atomic E-state index is 0.188. The van der Waals surface area contributed by atoms with Crippen molar-refractivity contribution in [3.63, 3.8) is 0 Å². The first kappa shape index (κ1) is 13.1. The van der Waals surface area contributed by atoms with Crippen molar-refractivity contribution in [3.8, 4) is 0 Å². The van der Waals surface area contributed by atoms with Gasteiger partial charge in [0, 0.05) is 6.42 Å². The van der Waals surface area contributed by atoms with Crippen molar-refractivity contribution in [3.05, 3.63) is 35.9 Å². The zero-order valence-electron chi connectivity index (χ0n) is 10.1. The highest BCUT2D eigenvalue weighted by molar-refractivity contribution is 5.93. The molecule has 2 amide bonds. The number of carbonyl (C=O) groups excluding carboxylic acids is 2. The lowest BCUT2D eigenvalue weighted by Gasteiger charge is -2.17. The summed E-state index contributed by atoms with van der Waals surface area (Å²) in [6.45, 7) is 0. The van der Waals surface area contributed by atoms with Crippen LogP contribution in [0.1, 0.15) is 24.4 Å². The third kappa shape index (κ3) is 3.09. The lowest BCUT2D eigenvalue weighted by Crippen LogP contribution is -2.44. The van der Waals surface area contributed by atoms with Gasteiger partial charge < -0.3 is 15.7 Å². The van der Waals surface area contributed by atoms with Gasteiger partial charge in [0.2, 0.25) is 11.8 Å². The Labute approximate surface area is 109 Å². The van der Waals surface area contributed by atoms with E-state index in [2.05, 4.69) is 10.6 Å². The van der Waals surface area contributed by atoms with E-state index in [0.717, 1.165) is 0 Å². The van der Waals surface area contributed by atoms with Gasteiger partial charge in [0.15, 0.2) is 6.04 Å². The zero-order chi connectivity index (χ0) is 13.8. The first-order valence-electron chi connectivity index (χ1n) is 5.95. The van der Waals surface area contributed by atoms with Crippen molar-refractivity contribution in [2.75, 3.05) is 0 Å². The van der Waals surface area contributed by atoms with Crippen LogP contribution in [0.3, 0.4) is 0 Å². The maximum atomic E-state index is 11.9. The monoisotopic (exact) mass is 262 g/mol. The van der Waals surface area contributed by atoms with E-state index in [9.17, 15) is 14.4 Å².